The highest BCUT2D eigenvalue weighted by atomic mass is 16.5. The molecular weight excluding hydrogens is 266 g/mol. The van der Waals surface area contributed by atoms with Crippen molar-refractivity contribution in [2.24, 2.45) is 0 Å². The van der Waals surface area contributed by atoms with Gasteiger partial charge >= 0.3 is 12.0 Å². The number of nitrogens with zero attached hydrogens (tertiary/aromatic N) is 2. The molecule has 0 bridgehead atoms. The number of carbonyl (C=O) groups excluding carboxylic acids is 1. The first kappa shape index (κ1) is 18.1. The number of aliphatic carboxylic acids is 1. The molecule has 20 heavy (non-hydrogen) atoms. The van der Waals surface area contributed by atoms with Gasteiger partial charge in [0.15, 0.2) is 0 Å². The van der Waals surface area contributed by atoms with Gasteiger partial charge in [-0.2, -0.15) is 5.26 Å². The van der Waals surface area contributed by atoms with Crippen LogP contribution in [0.5, 0.6) is 0 Å². The normalized spacial score (nSPS) is 11.4. The molecule has 0 aromatic heterocycles. The fourth-order valence-electron chi connectivity index (χ4n) is 1.43. The molecule has 114 valence electrons. The van der Waals surface area contributed by atoms with Crippen LogP contribution in [0.2, 0.25) is 0 Å². The molecule has 0 fully saturated rings. The topological polar surface area (TPSA) is 112 Å². The summed E-state index contributed by atoms with van der Waals surface area (Å²) < 4.78 is 9.68. The largest absolute Gasteiger partial charge is 0.480 e. The van der Waals surface area contributed by atoms with Gasteiger partial charge < -0.3 is 24.8 Å². The average molecular weight is 287 g/mol. The highest BCUT2D eigenvalue weighted by Gasteiger charge is 2.22. The molecule has 8 heteroatoms. The molecule has 0 heterocycles. The number of ether oxygens (including phenoxy) is 2. The van der Waals surface area contributed by atoms with Crippen LogP contribution in [0, 0.1) is 11.3 Å². The third-order valence-corrected chi connectivity index (χ3v) is 2.55. The average Bonchev–Trinajstić information content (AvgIpc) is 2.43. The van der Waals surface area contributed by atoms with Gasteiger partial charge in [0.2, 0.25) is 0 Å². The molecule has 0 aliphatic carbocycles. The van der Waals surface area contributed by atoms with Gasteiger partial charge in [0.05, 0.1) is 19.1 Å². The van der Waals surface area contributed by atoms with E-state index in [2.05, 4.69) is 5.32 Å². The van der Waals surface area contributed by atoms with Gasteiger partial charge in [-0.15, -0.1) is 0 Å². The second kappa shape index (κ2) is 11.0. The Kier molecular flexibility index (Phi) is 10.00. The molecule has 0 aliphatic rings. The molecule has 0 aromatic carbocycles. The molecule has 0 saturated carbocycles. The number of nitrogens with one attached hydrogen (secondary N) is 1. The Hall–Kier alpha value is -1.85. The van der Waals surface area contributed by atoms with Crippen molar-refractivity contribution < 1.29 is 24.2 Å². The Labute approximate surface area is 118 Å². The Bertz CT molecular complexity index is 342. The van der Waals surface area contributed by atoms with E-state index >= 15 is 0 Å². The predicted molar refractivity (Wildman–Crippen MR) is 70.1 cm³/mol. The molecule has 0 rings (SSSR count). The number of rotatable bonds is 10. The van der Waals surface area contributed by atoms with Crippen LogP contribution in [0.4, 0.5) is 4.79 Å². The zero-order valence-electron chi connectivity index (χ0n) is 11.8. The highest BCUT2D eigenvalue weighted by molar-refractivity contribution is 5.82. The standard InChI is InChI=1S/C12H21N3O5/c1-19-8-4-10(11(16)17)14-12(18)15(6-3-5-13)7-9-20-2/h10H,3-4,6-9H2,1-2H3,(H,14,18)(H,16,17). The van der Waals surface area contributed by atoms with Gasteiger partial charge in [-0.3, -0.25) is 0 Å². The minimum atomic E-state index is -1.12. The van der Waals surface area contributed by atoms with E-state index in [4.69, 9.17) is 19.8 Å². The lowest BCUT2D eigenvalue weighted by atomic mass is 10.2. The third-order valence-electron chi connectivity index (χ3n) is 2.55. The smallest absolute Gasteiger partial charge is 0.326 e. The highest BCUT2D eigenvalue weighted by Crippen LogP contribution is 1.98. The number of carboxylic acid groups (broad SMARTS) is 1. The fourth-order valence-corrected chi connectivity index (χ4v) is 1.43. The Morgan fingerprint density at radius 3 is 2.45 bits per heavy atom. The van der Waals surface area contributed by atoms with Crippen molar-refractivity contribution >= 4 is 12.0 Å². The van der Waals surface area contributed by atoms with Crippen LogP contribution in [-0.2, 0) is 14.3 Å². The minimum absolute atomic E-state index is 0.174. The number of hydrogen-bond acceptors (Lipinski definition) is 5. The number of amides is 2. The first-order valence-corrected chi connectivity index (χ1v) is 6.19. The van der Waals surface area contributed by atoms with Crippen molar-refractivity contribution in [1.29, 1.82) is 5.26 Å². The van der Waals surface area contributed by atoms with Crippen LogP contribution in [0.1, 0.15) is 12.8 Å². The first-order chi connectivity index (χ1) is 9.56. The Balaban J connectivity index is 4.51. The van der Waals surface area contributed by atoms with E-state index in [1.165, 1.54) is 19.1 Å². The van der Waals surface area contributed by atoms with E-state index < -0.39 is 18.0 Å². The molecule has 0 aliphatic heterocycles. The summed E-state index contributed by atoms with van der Waals surface area (Å²) in [5, 5.41) is 20.0. The molecule has 0 saturated heterocycles. The summed E-state index contributed by atoms with van der Waals surface area (Å²) in [5.74, 6) is -1.12. The van der Waals surface area contributed by atoms with Crippen molar-refractivity contribution in [3.05, 3.63) is 0 Å². The van der Waals surface area contributed by atoms with Crippen LogP contribution in [0.15, 0.2) is 0 Å². The summed E-state index contributed by atoms with van der Waals surface area (Å²) in [6, 6.07) is 0.395. The number of methoxy groups -OCH3 is 2. The van der Waals surface area contributed by atoms with Crippen LogP contribution in [-0.4, -0.2) is 68.6 Å². The molecule has 0 radical (unpaired) electrons. The minimum Gasteiger partial charge on any atom is -0.480 e. The third kappa shape index (κ3) is 7.56. The lowest BCUT2D eigenvalue weighted by Crippen LogP contribution is -2.49. The van der Waals surface area contributed by atoms with Gasteiger partial charge in [-0.1, -0.05) is 0 Å². The summed E-state index contributed by atoms with van der Waals surface area (Å²) in [5.41, 5.74) is 0. The summed E-state index contributed by atoms with van der Waals surface area (Å²) in [6.07, 6.45) is 0.348. The van der Waals surface area contributed by atoms with E-state index in [0.717, 1.165) is 0 Å². The van der Waals surface area contributed by atoms with Gasteiger partial charge in [0.1, 0.15) is 6.04 Å². The first-order valence-electron chi connectivity index (χ1n) is 6.19. The van der Waals surface area contributed by atoms with Crippen molar-refractivity contribution in [3.8, 4) is 6.07 Å². The van der Waals surface area contributed by atoms with Crippen molar-refractivity contribution in [2.75, 3.05) is 40.5 Å². The number of nitriles is 1. The maximum atomic E-state index is 12.0. The lowest BCUT2D eigenvalue weighted by molar-refractivity contribution is -0.139. The van der Waals surface area contributed by atoms with Gasteiger partial charge in [-0.25, -0.2) is 9.59 Å². The number of carbonyl (C=O) groups is 2. The van der Waals surface area contributed by atoms with Crippen LogP contribution in [0.25, 0.3) is 0 Å². The SMILES string of the molecule is COCCC(NC(=O)N(CCC#N)CCOC)C(=O)O. The molecule has 8 nitrogen and oxygen atoms in total. The molecule has 0 spiro atoms. The Morgan fingerprint density at radius 1 is 1.30 bits per heavy atom. The summed E-state index contributed by atoms with van der Waals surface area (Å²) >= 11 is 0. The second-order valence-corrected chi connectivity index (χ2v) is 4.01. The zero-order chi connectivity index (χ0) is 15.4. The van der Waals surface area contributed by atoms with E-state index in [9.17, 15) is 9.59 Å². The van der Waals surface area contributed by atoms with Crippen molar-refractivity contribution in [1.82, 2.24) is 10.2 Å². The Morgan fingerprint density at radius 2 is 1.95 bits per heavy atom. The van der Waals surface area contributed by atoms with Crippen molar-refractivity contribution in [3.63, 3.8) is 0 Å². The second-order valence-electron chi connectivity index (χ2n) is 4.01. The molecular formula is C12H21N3O5. The number of urea groups is 1. The fraction of sp³-hybridized carbons (Fsp3) is 0.750. The quantitative estimate of drug-likeness (QED) is 0.587. The number of hydrogen-bond donors (Lipinski definition) is 2. The molecule has 1 unspecified atom stereocenters. The van der Waals surface area contributed by atoms with E-state index in [1.54, 1.807) is 0 Å². The number of carboxylic acids is 1. The molecule has 2 N–H and O–H groups in total. The van der Waals surface area contributed by atoms with Gasteiger partial charge in [-0.05, 0) is 0 Å². The lowest BCUT2D eigenvalue weighted by Gasteiger charge is -2.24. The van der Waals surface area contributed by atoms with Crippen LogP contribution < -0.4 is 5.32 Å². The molecule has 0 aromatic rings. The maximum Gasteiger partial charge on any atom is 0.326 e. The maximum absolute atomic E-state index is 12.0. The van der Waals surface area contributed by atoms with Gasteiger partial charge in [0, 0.05) is 40.3 Å². The molecule has 1 atom stereocenters. The van der Waals surface area contributed by atoms with Crippen LogP contribution in [0.3, 0.4) is 0 Å². The zero-order valence-corrected chi connectivity index (χ0v) is 11.8. The van der Waals surface area contributed by atoms with Crippen molar-refractivity contribution in [2.45, 2.75) is 18.9 Å². The van der Waals surface area contributed by atoms with E-state index in [-0.39, 0.29) is 26.0 Å². The molecule has 2 amide bonds. The predicted octanol–water partition coefficient (Wildman–Crippen LogP) is 0.0478. The van der Waals surface area contributed by atoms with E-state index in [1.807, 2.05) is 6.07 Å². The van der Waals surface area contributed by atoms with Crippen LogP contribution >= 0.6 is 0 Å². The van der Waals surface area contributed by atoms with Gasteiger partial charge in [0.25, 0.3) is 0 Å². The monoisotopic (exact) mass is 287 g/mol. The summed E-state index contributed by atoms with van der Waals surface area (Å²) in [7, 11) is 2.96. The summed E-state index contributed by atoms with van der Waals surface area (Å²) in [4.78, 5) is 24.4. The summed E-state index contributed by atoms with van der Waals surface area (Å²) in [6.45, 7) is 1.06. The van der Waals surface area contributed by atoms with E-state index in [0.29, 0.717) is 13.2 Å².